The van der Waals surface area contributed by atoms with Crippen molar-refractivity contribution in [2.24, 2.45) is 0 Å². The highest BCUT2D eigenvalue weighted by Gasteiger charge is 2.15. The lowest BCUT2D eigenvalue weighted by Gasteiger charge is -2.20. The molecule has 0 atom stereocenters. The molecule has 7 heteroatoms. The summed E-state index contributed by atoms with van der Waals surface area (Å²) in [4.78, 5) is 0. The van der Waals surface area contributed by atoms with Crippen LogP contribution in [0.1, 0.15) is 11.1 Å². The number of fused-ring (bicyclic) bond motifs is 1. The quantitative estimate of drug-likeness (QED) is 0.541. The van der Waals surface area contributed by atoms with Crippen molar-refractivity contribution in [1.29, 1.82) is 0 Å². The van der Waals surface area contributed by atoms with Crippen LogP contribution in [-0.4, -0.2) is 20.3 Å². The van der Waals surface area contributed by atoms with Crippen LogP contribution >= 0.6 is 11.6 Å². The average molecular weight is 430 g/mol. The topological polar surface area (TPSA) is 49.0 Å². The van der Waals surface area contributed by atoms with Gasteiger partial charge in [-0.25, -0.2) is 4.39 Å². The lowest BCUT2D eigenvalue weighted by atomic mass is 10.1. The van der Waals surface area contributed by atoms with Crippen molar-refractivity contribution in [3.05, 3.63) is 76.6 Å². The van der Waals surface area contributed by atoms with E-state index in [-0.39, 0.29) is 6.61 Å². The highest BCUT2D eigenvalue weighted by atomic mass is 35.5. The number of rotatable bonds is 7. The SMILES string of the molecule is COc1cccc(CNc2ccc3c(c2)OCCO3)c1OCc1c(F)cccc1Cl. The number of nitrogens with one attached hydrogen (secondary N) is 1. The summed E-state index contributed by atoms with van der Waals surface area (Å²) in [5.41, 5.74) is 2.04. The van der Waals surface area contributed by atoms with Gasteiger partial charge in [-0.3, -0.25) is 0 Å². The third kappa shape index (κ3) is 4.39. The van der Waals surface area contributed by atoms with Crippen molar-refractivity contribution < 1.29 is 23.3 Å². The molecule has 0 amide bonds. The summed E-state index contributed by atoms with van der Waals surface area (Å²) < 4.78 is 36.7. The fourth-order valence-electron chi connectivity index (χ4n) is 3.19. The molecule has 0 spiro atoms. The second kappa shape index (κ2) is 9.13. The molecule has 1 aliphatic rings. The molecule has 3 aromatic carbocycles. The highest BCUT2D eigenvalue weighted by Crippen LogP contribution is 2.35. The van der Waals surface area contributed by atoms with E-state index in [1.54, 1.807) is 25.3 Å². The van der Waals surface area contributed by atoms with E-state index in [0.29, 0.717) is 47.6 Å². The Balaban J connectivity index is 1.52. The van der Waals surface area contributed by atoms with Gasteiger partial charge in [-0.1, -0.05) is 29.8 Å². The minimum atomic E-state index is -0.409. The van der Waals surface area contributed by atoms with Crippen molar-refractivity contribution in [2.75, 3.05) is 25.6 Å². The number of hydrogen-bond acceptors (Lipinski definition) is 5. The van der Waals surface area contributed by atoms with Gasteiger partial charge in [-0.05, 0) is 30.3 Å². The van der Waals surface area contributed by atoms with Crippen LogP contribution in [0.5, 0.6) is 23.0 Å². The molecule has 1 N–H and O–H groups in total. The van der Waals surface area contributed by atoms with Crippen LogP contribution in [-0.2, 0) is 13.2 Å². The lowest BCUT2D eigenvalue weighted by Crippen LogP contribution is -2.15. The molecule has 0 saturated carbocycles. The van der Waals surface area contributed by atoms with E-state index < -0.39 is 5.82 Å². The molecule has 30 heavy (non-hydrogen) atoms. The smallest absolute Gasteiger partial charge is 0.166 e. The number of para-hydroxylation sites is 1. The Bertz CT molecular complexity index is 1020. The molecule has 0 bridgehead atoms. The first-order valence-electron chi connectivity index (χ1n) is 9.51. The zero-order chi connectivity index (χ0) is 20.9. The molecule has 156 valence electrons. The van der Waals surface area contributed by atoms with Gasteiger partial charge in [-0.2, -0.15) is 0 Å². The Kier molecular flexibility index (Phi) is 6.14. The Morgan fingerprint density at radius 2 is 1.83 bits per heavy atom. The average Bonchev–Trinajstić information content (AvgIpc) is 2.77. The van der Waals surface area contributed by atoms with Crippen molar-refractivity contribution in [1.82, 2.24) is 0 Å². The fourth-order valence-corrected chi connectivity index (χ4v) is 3.41. The third-order valence-electron chi connectivity index (χ3n) is 4.73. The molecule has 0 unspecified atom stereocenters. The van der Waals surface area contributed by atoms with Gasteiger partial charge in [0.1, 0.15) is 25.6 Å². The Morgan fingerprint density at radius 3 is 2.63 bits per heavy atom. The normalized spacial score (nSPS) is 12.4. The van der Waals surface area contributed by atoms with Crippen LogP contribution in [0.2, 0.25) is 5.02 Å². The maximum absolute atomic E-state index is 14.1. The first-order chi connectivity index (χ1) is 14.7. The van der Waals surface area contributed by atoms with Crippen molar-refractivity contribution in [2.45, 2.75) is 13.2 Å². The van der Waals surface area contributed by atoms with Crippen molar-refractivity contribution in [3.63, 3.8) is 0 Å². The minimum Gasteiger partial charge on any atom is -0.493 e. The monoisotopic (exact) mass is 429 g/mol. The number of hydrogen-bond donors (Lipinski definition) is 1. The molecule has 1 aliphatic heterocycles. The molecule has 0 aliphatic carbocycles. The fraction of sp³-hybridized carbons (Fsp3) is 0.217. The first kappa shape index (κ1) is 20.2. The number of ether oxygens (including phenoxy) is 4. The zero-order valence-corrected chi connectivity index (χ0v) is 17.2. The van der Waals surface area contributed by atoms with Crippen LogP contribution in [0.3, 0.4) is 0 Å². The molecule has 0 radical (unpaired) electrons. The summed E-state index contributed by atoms with van der Waals surface area (Å²) in [6.45, 7) is 1.54. The molecule has 1 heterocycles. The van der Waals surface area contributed by atoms with E-state index in [4.69, 9.17) is 30.5 Å². The molecule has 0 fully saturated rings. The molecular weight excluding hydrogens is 409 g/mol. The van der Waals surface area contributed by atoms with Gasteiger partial charge in [0.2, 0.25) is 0 Å². The largest absolute Gasteiger partial charge is 0.493 e. The van der Waals surface area contributed by atoms with Crippen molar-refractivity contribution in [3.8, 4) is 23.0 Å². The predicted octanol–water partition coefficient (Wildman–Crippen LogP) is 5.45. The Labute approximate surface area is 179 Å². The molecular formula is C23H21ClFNO4. The van der Waals surface area contributed by atoms with Crippen LogP contribution in [0, 0.1) is 5.82 Å². The maximum atomic E-state index is 14.1. The van der Waals surface area contributed by atoms with Gasteiger partial charge in [0.25, 0.3) is 0 Å². The van der Waals surface area contributed by atoms with Crippen LogP contribution in [0.4, 0.5) is 10.1 Å². The number of benzene rings is 3. The number of anilines is 1. The Morgan fingerprint density at radius 1 is 1.03 bits per heavy atom. The standard InChI is InChI=1S/C23H21ClFNO4/c1-27-21-7-2-4-15(23(21)30-14-17-18(24)5-3-6-19(17)25)13-26-16-8-9-20-22(12-16)29-11-10-28-20/h2-9,12,26H,10-11,13-14H2,1H3. The molecule has 0 aromatic heterocycles. The minimum absolute atomic E-state index is 0.0110. The number of halogens is 2. The van der Waals surface area contributed by atoms with E-state index in [2.05, 4.69) is 5.32 Å². The van der Waals surface area contributed by atoms with Crippen molar-refractivity contribution >= 4 is 17.3 Å². The van der Waals surface area contributed by atoms with Crippen LogP contribution < -0.4 is 24.3 Å². The third-order valence-corrected chi connectivity index (χ3v) is 5.08. The maximum Gasteiger partial charge on any atom is 0.166 e. The molecule has 0 saturated heterocycles. The summed E-state index contributed by atoms with van der Waals surface area (Å²) >= 11 is 6.12. The van der Waals surface area contributed by atoms with Crippen LogP contribution in [0.25, 0.3) is 0 Å². The lowest BCUT2D eigenvalue weighted by molar-refractivity contribution is 0.171. The van der Waals surface area contributed by atoms with Gasteiger partial charge in [0.05, 0.1) is 12.1 Å². The van der Waals surface area contributed by atoms with Gasteiger partial charge >= 0.3 is 0 Å². The summed E-state index contributed by atoms with van der Waals surface area (Å²) in [5, 5.41) is 3.67. The number of methoxy groups -OCH3 is 1. The van der Waals surface area contributed by atoms with E-state index in [0.717, 1.165) is 17.0 Å². The molecule has 5 nitrogen and oxygen atoms in total. The van der Waals surface area contributed by atoms with Gasteiger partial charge in [0.15, 0.2) is 23.0 Å². The zero-order valence-electron chi connectivity index (χ0n) is 16.4. The Hall–Kier alpha value is -3.12. The predicted molar refractivity (Wildman–Crippen MR) is 113 cm³/mol. The highest BCUT2D eigenvalue weighted by molar-refractivity contribution is 6.31. The van der Waals surface area contributed by atoms with E-state index in [1.807, 2.05) is 30.3 Å². The molecule has 4 rings (SSSR count). The second-order valence-electron chi connectivity index (χ2n) is 6.65. The van der Waals surface area contributed by atoms with Gasteiger partial charge in [-0.15, -0.1) is 0 Å². The summed E-state index contributed by atoms with van der Waals surface area (Å²) in [5.74, 6) is 2.13. The first-order valence-corrected chi connectivity index (χ1v) is 9.88. The summed E-state index contributed by atoms with van der Waals surface area (Å²) in [6, 6.07) is 15.8. The molecule has 3 aromatic rings. The summed E-state index contributed by atoms with van der Waals surface area (Å²) in [6.07, 6.45) is 0. The second-order valence-corrected chi connectivity index (χ2v) is 7.06. The van der Waals surface area contributed by atoms with Crippen LogP contribution in [0.15, 0.2) is 54.6 Å². The van der Waals surface area contributed by atoms with E-state index >= 15 is 0 Å². The van der Waals surface area contributed by atoms with Gasteiger partial charge in [0, 0.05) is 29.4 Å². The van der Waals surface area contributed by atoms with Gasteiger partial charge < -0.3 is 24.3 Å². The van der Waals surface area contributed by atoms with E-state index in [1.165, 1.54) is 6.07 Å². The van der Waals surface area contributed by atoms with E-state index in [9.17, 15) is 4.39 Å². The summed E-state index contributed by atoms with van der Waals surface area (Å²) in [7, 11) is 1.57.